The lowest BCUT2D eigenvalue weighted by atomic mass is 9.95. The third-order valence-electron chi connectivity index (χ3n) is 3.86. The molecular formula is C20H26ClN3O2. The van der Waals surface area contributed by atoms with Gasteiger partial charge in [-0.1, -0.05) is 39.0 Å². The minimum atomic E-state index is -0.421. The second-order valence-corrected chi connectivity index (χ2v) is 7.16. The highest BCUT2D eigenvalue weighted by molar-refractivity contribution is 6.04. The van der Waals surface area contributed by atoms with Crippen LogP contribution in [0.5, 0.6) is 0 Å². The monoisotopic (exact) mass is 375 g/mol. The molecule has 0 atom stereocenters. The number of nitrogens with one attached hydrogen (secondary N) is 2. The van der Waals surface area contributed by atoms with Crippen LogP contribution in [0.15, 0.2) is 42.5 Å². The van der Waals surface area contributed by atoms with Gasteiger partial charge in [-0.3, -0.25) is 9.59 Å². The van der Waals surface area contributed by atoms with Gasteiger partial charge in [0.1, 0.15) is 0 Å². The minimum absolute atomic E-state index is 0. The van der Waals surface area contributed by atoms with Crippen LogP contribution in [0.3, 0.4) is 0 Å². The molecule has 0 radical (unpaired) electrons. The molecule has 0 fully saturated rings. The Hall–Kier alpha value is -2.53. The number of hydrogen-bond donors (Lipinski definition) is 3. The van der Waals surface area contributed by atoms with Crippen LogP contribution in [0.25, 0.3) is 0 Å². The number of aryl methyl sites for hydroxylation is 1. The van der Waals surface area contributed by atoms with Gasteiger partial charge < -0.3 is 16.4 Å². The van der Waals surface area contributed by atoms with Crippen LogP contribution in [-0.4, -0.2) is 11.8 Å². The zero-order chi connectivity index (χ0) is 18.6. The smallest absolute Gasteiger partial charge is 0.255 e. The molecule has 4 N–H and O–H groups in total. The zero-order valence-corrected chi connectivity index (χ0v) is 16.4. The third-order valence-corrected chi connectivity index (χ3v) is 3.86. The Morgan fingerprint density at radius 3 is 2.23 bits per heavy atom. The molecule has 0 aliphatic rings. The molecule has 0 aromatic heterocycles. The summed E-state index contributed by atoms with van der Waals surface area (Å²) in [5.74, 6) is -0.203. The molecule has 0 saturated carbocycles. The predicted molar refractivity (Wildman–Crippen MR) is 109 cm³/mol. The Balaban J connectivity index is 0.00000338. The van der Waals surface area contributed by atoms with Crippen LogP contribution in [0.2, 0.25) is 0 Å². The fourth-order valence-corrected chi connectivity index (χ4v) is 2.19. The highest BCUT2D eigenvalue weighted by Crippen LogP contribution is 2.19. The molecule has 0 aliphatic carbocycles. The first-order valence-corrected chi connectivity index (χ1v) is 8.21. The fourth-order valence-electron chi connectivity index (χ4n) is 2.19. The molecule has 0 unspecified atom stereocenters. The highest BCUT2D eigenvalue weighted by atomic mass is 35.5. The molecule has 26 heavy (non-hydrogen) atoms. The van der Waals surface area contributed by atoms with Crippen molar-refractivity contribution in [3.05, 3.63) is 59.2 Å². The molecule has 0 saturated heterocycles. The molecule has 0 bridgehead atoms. The molecule has 140 valence electrons. The highest BCUT2D eigenvalue weighted by Gasteiger charge is 2.20. The second-order valence-electron chi connectivity index (χ2n) is 7.16. The first kappa shape index (κ1) is 21.5. The number of carbonyl (C=O) groups is 2. The Morgan fingerprint density at radius 1 is 1.04 bits per heavy atom. The van der Waals surface area contributed by atoms with Gasteiger partial charge in [0.2, 0.25) is 5.91 Å². The van der Waals surface area contributed by atoms with Gasteiger partial charge in [-0.25, -0.2) is 0 Å². The molecular weight excluding hydrogens is 350 g/mol. The fraction of sp³-hybridized carbons (Fsp3) is 0.300. The number of hydrogen-bond acceptors (Lipinski definition) is 3. The molecule has 0 heterocycles. The number of nitrogen functional groups attached to an aromatic ring is 1. The summed E-state index contributed by atoms with van der Waals surface area (Å²) in [5.41, 5.74) is 9.08. The van der Waals surface area contributed by atoms with Crippen LogP contribution < -0.4 is 16.4 Å². The van der Waals surface area contributed by atoms with E-state index in [9.17, 15) is 9.59 Å². The van der Waals surface area contributed by atoms with Crippen LogP contribution in [-0.2, 0) is 11.3 Å². The number of carbonyl (C=O) groups excluding carboxylic acids is 2. The molecule has 0 aliphatic heterocycles. The SMILES string of the molecule is Cc1ccc(N)cc1NC(=O)c1ccc(CNC(=O)C(C)(C)C)cc1.Cl. The van der Waals surface area contributed by atoms with Gasteiger partial charge in [0, 0.05) is 28.9 Å². The number of rotatable bonds is 4. The van der Waals surface area contributed by atoms with Crippen LogP contribution in [0.1, 0.15) is 42.3 Å². The van der Waals surface area contributed by atoms with Crippen molar-refractivity contribution in [1.82, 2.24) is 5.32 Å². The summed E-state index contributed by atoms with van der Waals surface area (Å²) in [4.78, 5) is 24.3. The van der Waals surface area contributed by atoms with Crippen LogP contribution in [0, 0.1) is 12.3 Å². The summed E-state index contributed by atoms with van der Waals surface area (Å²) in [6.07, 6.45) is 0. The van der Waals surface area contributed by atoms with Crippen molar-refractivity contribution >= 4 is 35.6 Å². The largest absolute Gasteiger partial charge is 0.399 e. The quantitative estimate of drug-likeness (QED) is 0.708. The van der Waals surface area contributed by atoms with E-state index in [1.807, 2.05) is 45.9 Å². The standard InChI is InChI=1S/C20H25N3O2.ClH/c1-13-5-10-16(21)11-17(13)23-18(24)15-8-6-14(7-9-15)12-22-19(25)20(2,3)4;/h5-11H,12,21H2,1-4H3,(H,22,25)(H,23,24);1H. The summed E-state index contributed by atoms with van der Waals surface area (Å²) in [6.45, 7) is 7.96. The average molecular weight is 376 g/mol. The van der Waals surface area contributed by atoms with E-state index >= 15 is 0 Å². The van der Waals surface area contributed by atoms with Gasteiger partial charge in [0.15, 0.2) is 0 Å². The molecule has 6 heteroatoms. The van der Waals surface area contributed by atoms with E-state index < -0.39 is 5.41 Å². The zero-order valence-electron chi connectivity index (χ0n) is 15.6. The Labute approximate surface area is 160 Å². The van der Waals surface area contributed by atoms with Crippen molar-refractivity contribution in [2.45, 2.75) is 34.2 Å². The van der Waals surface area contributed by atoms with Gasteiger partial charge in [0.05, 0.1) is 0 Å². The van der Waals surface area contributed by atoms with Crippen molar-refractivity contribution in [3.63, 3.8) is 0 Å². The lowest BCUT2D eigenvalue weighted by Gasteiger charge is -2.17. The van der Waals surface area contributed by atoms with Gasteiger partial charge in [0.25, 0.3) is 5.91 Å². The lowest BCUT2D eigenvalue weighted by Crippen LogP contribution is -2.34. The van der Waals surface area contributed by atoms with E-state index in [0.29, 0.717) is 23.5 Å². The summed E-state index contributed by atoms with van der Waals surface area (Å²) < 4.78 is 0. The maximum absolute atomic E-state index is 12.4. The van der Waals surface area contributed by atoms with E-state index in [2.05, 4.69) is 10.6 Å². The minimum Gasteiger partial charge on any atom is -0.399 e. The van der Waals surface area contributed by atoms with Crippen molar-refractivity contribution in [2.24, 2.45) is 5.41 Å². The Bertz CT molecular complexity index is 781. The normalized spacial score (nSPS) is 10.6. The maximum Gasteiger partial charge on any atom is 0.255 e. The van der Waals surface area contributed by atoms with Crippen molar-refractivity contribution < 1.29 is 9.59 Å². The summed E-state index contributed by atoms with van der Waals surface area (Å²) in [5, 5.41) is 5.76. The first-order chi connectivity index (χ1) is 11.7. The molecule has 0 spiro atoms. The van der Waals surface area contributed by atoms with E-state index in [4.69, 9.17) is 5.73 Å². The predicted octanol–water partition coefficient (Wildman–Crippen LogP) is 3.91. The third kappa shape index (κ3) is 5.77. The number of amides is 2. The Morgan fingerprint density at radius 2 is 1.65 bits per heavy atom. The molecule has 2 aromatic carbocycles. The lowest BCUT2D eigenvalue weighted by molar-refractivity contribution is -0.128. The van der Waals surface area contributed by atoms with Crippen molar-refractivity contribution in [2.75, 3.05) is 11.1 Å². The van der Waals surface area contributed by atoms with E-state index in [-0.39, 0.29) is 24.2 Å². The maximum atomic E-state index is 12.4. The average Bonchev–Trinajstić information content (AvgIpc) is 2.55. The van der Waals surface area contributed by atoms with Gasteiger partial charge in [-0.2, -0.15) is 0 Å². The summed E-state index contributed by atoms with van der Waals surface area (Å²) >= 11 is 0. The Kier molecular flexibility index (Phi) is 7.21. The molecule has 2 aromatic rings. The first-order valence-electron chi connectivity index (χ1n) is 8.21. The molecule has 2 amide bonds. The van der Waals surface area contributed by atoms with Crippen molar-refractivity contribution in [1.29, 1.82) is 0 Å². The van der Waals surface area contributed by atoms with Gasteiger partial charge in [-0.05, 0) is 42.3 Å². The number of benzene rings is 2. The number of nitrogens with two attached hydrogens (primary N) is 1. The topological polar surface area (TPSA) is 84.2 Å². The number of halogens is 1. The van der Waals surface area contributed by atoms with Gasteiger partial charge >= 0.3 is 0 Å². The second kappa shape index (κ2) is 8.72. The van der Waals surface area contributed by atoms with Crippen LogP contribution in [0.4, 0.5) is 11.4 Å². The van der Waals surface area contributed by atoms with Crippen molar-refractivity contribution in [3.8, 4) is 0 Å². The summed E-state index contributed by atoms with van der Waals surface area (Å²) in [7, 11) is 0. The van der Waals surface area contributed by atoms with Gasteiger partial charge in [-0.15, -0.1) is 12.4 Å². The van der Waals surface area contributed by atoms with E-state index in [1.165, 1.54) is 0 Å². The van der Waals surface area contributed by atoms with Crippen LogP contribution >= 0.6 is 12.4 Å². The summed E-state index contributed by atoms with van der Waals surface area (Å²) in [6, 6.07) is 12.6. The molecule has 5 nitrogen and oxygen atoms in total. The van der Waals surface area contributed by atoms with E-state index in [0.717, 1.165) is 11.1 Å². The molecule has 2 rings (SSSR count). The number of anilines is 2. The van der Waals surface area contributed by atoms with E-state index in [1.54, 1.807) is 24.3 Å².